The van der Waals surface area contributed by atoms with Crippen LogP contribution in [0.4, 0.5) is 0 Å². The monoisotopic (exact) mass is 281 g/mol. The van der Waals surface area contributed by atoms with Gasteiger partial charge in [0.05, 0.1) is 0 Å². The first kappa shape index (κ1) is 15.8. The zero-order valence-electron chi connectivity index (χ0n) is 13.1. The zero-order valence-corrected chi connectivity index (χ0v) is 13.1. The molecule has 0 radical (unpaired) electrons. The van der Waals surface area contributed by atoms with Crippen molar-refractivity contribution in [2.24, 2.45) is 0 Å². The van der Waals surface area contributed by atoms with E-state index in [0.29, 0.717) is 6.04 Å². The van der Waals surface area contributed by atoms with Crippen LogP contribution in [0.2, 0.25) is 0 Å². The van der Waals surface area contributed by atoms with Crippen molar-refractivity contribution in [3.63, 3.8) is 0 Å². The quantitative estimate of drug-likeness (QED) is 0.661. The van der Waals surface area contributed by atoms with E-state index in [2.05, 4.69) is 72.9 Å². The Bertz CT molecular complexity index is 478. The van der Waals surface area contributed by atoms with Gasteiger partial charge in [-0.15, -0.1) is 0 Å². The highest BCUT2D eigenvalue weighted by Gasteiger charge is 2.07. The van der Waals surface area contributed by atoms with Crippen LogP contribution in [0.3, 0.4) is 0 Å². The van der Waals surface area contributed by atoms with E-state index >= 15 is 0 Å². The van der Waals surface area contributed by atoms with Crippen LogP contribution in [0.25, 0.3) is 0 Å². The molecule has 0 bridgehead atoms. The van der Waals surface area contributed by atoms with Gasteiger partial charge >= 0.3 is 0 Å². The molecule has 1 heteroatoms. The van der Waals surface area contributed by atoms with Crippen LogP contribution in [-0.4, -0.2) is 12.6 Å². The molecule has 21 heavy (non-hydrogen) atoms. The van der Waals surface area contributed by atoms with Crippen molar-refractivity contribution < 1.29 is 0 Å². The van der Waals surface area contributed by atoms with E-state index in [9.17, 15) is 0 Å². The lowest BCUT2D eigenvalue weighted by Crippen LogP contribution is -2.32. The maximum Gasteiger partial charge on any atom is 0.0107 e. The lowest BCUT2D eigenvalue weighted by atomic mass is 10.0. The standard InChI is InChI=1S/C20H27N/c1-2-10-20(17-19-13-7-4-8-14-19)21-16-9-15-18-11-5-3-6-12-18/h3-8,11-14,20-21H,2,9-10,15-17H2,1H3. The molecule has 1 N–H and O–H groups in total. The van der Waals surface area contributed by atoms with Gasteiger partial charge in [-0.25, -0.2) is 0 Å². The summed E-state index contributed by atoms with van der Waals surface area (Å²) >= 11 is 0. The summed E-state index contributed by atoms with van der Waals surface area (Å²) in [5.41, 5.74) is 2.88. The lowest BCUT2D eigenvalue weighted by Gasteiger charge is -2.18. The molecule has 0 saturated carbocycles. The van der Waals surface area contributed by atoms with Crippen molar-refractivity contribution in [3.05, 3.63) is 71.8 Å². The molecule has 1 nitrogen and oxygen atoms in total. The maximum atomic E-state index is 3.74. The topological polar surface area (TPSA) is 12.0 Å². The van der Waals surface area contributed by atoms with Gasteiger partial charge in [-0.3, -0.25) is 0 Å². The van der Waals surface area contributed by atoms with Gasteiger partial charge in [0.15, 0.2) is 0 Å². The fourth-order valence-corrected chi connectivity index (χ4v) is 2.77. The average molecular weight is 281 g/mol. The number of rotatable bonds is 9. The molecular formula is C20H27N. The second kappa shape index (κ2) is 9.36. The van der Waals surface area contributed by atoms with Crippen LogP contribution in [0, 0.1) is 0 Å². The van der Waals surface area contributed by atoms with Gasteiger partial charge in [0.25, 0.3) is 0 Å². The average Bonchev–Trinajstić information content (AvgIpc) is 2.54. The normalized spacial score (nSPS) is 12.2. The molecule has 112 valence electrons. The first-order chi connectivity index (χ1) is 10.4. The third-order valence-electron chi connectivity index (χ3n) is 3.88. The number of hydrogen-bond donors (Lipinski definition) is 1. The van der Waals surface area contributed by atoms with Crippen molar-refractivity contribution in [1.29, 1.82) is 0 Å². The Kier molecular flexibility index (Phi) is 7.03. The number of nitrogens with one attached hydrogen (secondary N) is 1. The number of aryl methyl sites for hydroxylation is 1. The highest BCUT2D eigenvalue weighted by Crippen LogP contribution is 2.08. The SMILES string of the molecule is CCCC(Cc1ccccc1)NCCCc1ccccc1. The van der Waals surface area contributed by atoms with Gasteiger partial charge in [-0.1, -0.05) is 74.0 Å². The Hall–Kier alpha value is -1.60. The molecule has 0 aliphatic rings. The van der Waals surface area contributed by atoms with Crippen LogP contribution < -0.4 is 5.32 Å². The molecule has 2 aromatic carbocycles. The van der Waals surface area contributed by atoms with Gasteiger partial charge in [0.2, 0.25) is 0 Å². The largest absolute Gasteiger partial charge is 0.314 e. The van der Waals surface area contributed by atoms with Crippen molar-refractivity contribution in [2.45, 2.75) is 45.1 Å². The summed E-state index contributed by atoms with van der Waals surface area (Å²) < 4.78 is 0. The van der Waals surface area contributed by atoms with E-state index < -0.39 is 0 Å². The zero-order chi connectivity index (χ0) is 14.8. The van der Waals surface area contributed by atoms with Crippen molar-refractivity contribution in [2.75, 3.05) is 6.54 Å². The number of benzene rings is 2. The van der Waals surface area contributed by atoms with Crippen LogP contribution in [-0.2, 0) is 12.8 Å². The molecule has 0 spiro atoms. The van der Waals surface area contributed by atoms with Gasteiger partial charge in [0, 0.05) is 6.04 Å². The summed E-state index contributed by atoms with van der Waals surface area (Å²) in [7, 11) is 0. The second-order valence-corrected chi connectivity index (χ2v) is 5.72. The highest BCUT2D eigenvalue weighted by atomic mass is 14.9. The molecule has 2 aromatic rings. The molecule has 0 aliphatic heterocycles. The van der Waals surface area contributed by atoms with Crippen LogP contribution in [0.15, 0.2) is 60.7 Å². The Morgan fingerprint density at radius 2 is 1.48 bits per heavy atom. The third kappa shape index (κ3) is 6.14. The van der Waals surface area contributed by atoms with E-state index in [0.717, 1.165) is 19.4 Å². The molecule has 0 aromatic heterocycles. The highest BCUT2D eigenvalue weighted by molar-refractivity contribution is 5.16. The number of hydrogen-bond acceptors (Lipinski definition) is 1. The molecule has 0 amide bonds. The van der Waals surface area contributed by atoms with Gasteiger partial charge in [0.1, 0.15) is 0 Å². The smallest absolute Gasteiger partial charge is 0.0107 e. The lowest BCUT2D eigenvalue weighted by molar-refractivity contribution is 0.468. The Morgan fingerprint density at radius 3 is 2.10 bits per heavy atom. The summed E-state index contributed by atoms with van der Waals surface area (Å²) in [5.74, 6) is 0. The van der Waals surface area contributed by atoms with Crippen molar-refractivity contribution >= 4 is 0 Å². The Morgan fingerprint density at radius 1 is 0.857 bits per heavy atom. The summed E-state index contributed by atoms with van der Waals surface area (Å²) in [5, 5.41) is 3.74. The molecule has 0 saturated heterocycles. The van der Waals surface area contributed by atoms with Crippen LogP contribution in [0.1, 0.15) is 37.3 Å². The van der Waals surface area contributed by atoms with Crippen molar-refractivity contribution in [1.82, 2.24) is 5.32 Å². The first-order valence-corrected chi connectivity index (χ1v) is 8.19. The molecule has 1 atom stereocenters. The molecule has 0 aliphatic carbocycles. The maximum absolute atomic E-state index is 3.74. The predicted octanol–water partition coefficient (Wildman–Crippen LogP) is 4.62. The molecular weight excluding hydrogens is 254 g/mol. The molecule has 2 rings (SSSR count). The fourth-order valence-electron chi connectivity index (χ4n) is 2.77. The van der Waals surface area contributed by atoms with Crippen LogP contribution >= 0.6 is 0 Å². The minimum absolute atomic E-state index is 0.605. The first-order valence-electron chi connectivity index (χ1n) is 8.19. The third-order valence-corrected chi connectivity index (χ3v) is 3.88. The summed E-state index contributed by atoms with van der Waals surface area (Å²) in [4.78, 5) is 0. The van der Waals surface area contributed by atoms with Gasteiger partial charge < -0.3 is 5.32 Å². The van der Waals surface area contributed by atoms with E-state index in [1.807, 2.05) is 0 Å². The summed E-state index contributed by atoms with van der Waals surface area (Å²) in [6, 6.07) is 22.2. The Balaban J connectivity index is 1.72. The predicted molar refractivity (Wildman–Crippen MR) is 91.6 cm³/mol. The second-order valence-electron chi connectivity index (χ2n) is 5.72. The van der Waals surface area contributed by atoms with E-state index in [-0.39, 0.29) is 0 Å². The van der Waals surface area contributed by atoms with Gasteiger partial charge in [-0.05, 0) is 43.4 Å². The minimum atomic E-state index is 0.605. The molecule has 0 fully saturated rings. The summed E-state index contributed by atoms with van der Waals surface area (Å²) in [6.45, 7) is 3.37. The minimum Gasteiger partial charge on any atom is -0.314 e. The van der Waals surface area contributed by atoms with Crippen LogP contribution in [0.5, 0.6) is 0 Å². The molecule has 1 unspecified atom stereocenters. The summed E-state index contributed by atoms with van der Waals surface area (Å²) in [6.07, 6.45) is 6.00. The van der Waals surface area contributed by atoms with E-state index in [4.69, 9.17) is 0 Å². The molecule has 0 heterocycles. The van der Waals surface area contributed by atoms with E-state index in [1.165, 1.54) is 30.4 Å². The Labute approximate surface area is 129 Å². The fraction of sp³-hybridized carbons (Fsp3) is 0.400. The van der Waals surface area contributed by atoms with Gasteiger partial charge in [-0.2, -0.15) is 0 Å². The van der Waals surface area contributed by atoms with Crippen molar-refractivity contribution in [3.8, 4) is 0 Å². The van der Waals surface area contributed by atoms with E-state index in [1.54, 1.807) is 0 Å².